The quantitative estimate of drug-likeness (QED) is 0.305. The molecular weight excluding hydrogens is 566 g/mol. The summed E-state index contributed by atoms with van der Waals surface area (Å²) in [4.78, 5) is 41.3. The number of thioether (sulfide) groups is 1. The second kappa shape index (κ2) is 10.5. The molecule has 2 fully saturated rings. The zero-order chi connectivity index (χ0) is 30.7. The van der Waals surface area contributed by atoms with E-state index in [1.54, 1.807) is 19.1 Å². The molecule has 1 aliphatic heterocycles. The lowest BCUT2D eigenvalue weighted by molar-refractivity contribution is -0.133. The van der Waals surface area contributed by atoms with E-state index in [-0.39, 0.29) is 51.2 Å². The summed E-state index contributed by atoms with van der Waals surface area (Å²) in [5.41, 5.74) is -2.73. The smallest absolute Gasteiger partial charge is 0.278 e. The van der Waals surface area contributed by atoms with E-state index in [0.29, 0.717) is 37.1 Å². The van der Waals surface area contributed by atoms with Crippen LogP contribution in [0.4, 0.5) is 8.78 Å². The van der Waals surface area contributed by atoms with Gasteiger partial charge >= 0.3 is 0 Å². The zero-order valence-electron chi connectivity index (χ0n) is 23.9. The highest BCUT2D eigenvalue weighted by molar-refractivity contribution is 8.26. The predicted molar refractivity (Wildman–Crippen MR) is 156 cm³/mol. The second-order valence-corrected chi connectivity index (χ2v) is 13.2. The van der Waals surface area contributed by atoms with Gasteiger partial charge in [-0.15, -0.1) is 0 Å². The van der Waals surface area contributed by atoms with Gasteiger partial charge in [-0.25, -0.2) is 8.78 Å². The molecule has 2 aromatic rings. The van der Waals surface area contributed by atoms with Crippen molar-refractivity contribution in [2.45, 2.75) is 64.1 Å². The standard InChI is InChI=1S/C29H34F2N6O4S/c1-28(2)14-29(10-9-19(28)26(40)34-17-7-8-17)35(3)27(41)22-24(39)23(38)18(13-37(22)36(29)4)25(33)42-21(32)11-15-5-6-16(30)12-20(15)31/h5-6,12-13,17,19,32-33,39H,7-11,14H2,1-4H3,(H,34,40)/t19-,29?/m0/s1. The molecule has 1 unspecified atom stereocenters. The normalized spacial score (nSPS) is 23.1. The van der Waals surface area contributed by atoms with Crippen LogP contribution in [0.3, 0.4) is 0 Å². The third-order valence-electron chi connectivity index (χ3n) is 8.81. The average Bonchev–Trinajstić information content (AvgIpc) is 3.72. The van der Waals surface area contributed by atoms with Gasteiger partial charge in [-0.3, -0.25) is 34.9 Å². The van der Waals surface area contributed by atoms with Gasteiger partial charge in [-0.1, -0.05) is 31.7 Å². The molecule has 2 amide bonds. The SMILES string of the molecule is CN1C(=O)c2c(O)c(=O)c(C(=N)SC(=N)Cc3ccc(F)cc3F)cn2N(C)C12CC[C@@H](C(=O)NC1CC1)C(C)(C)C2. The van der Waals surface area contributed by atoms with Crippen molar-refractivity contribution in [2.24, 2.45) is 11.3 Å². The largest absolute Gasteiger partial charge is 0.502 e. The molecule has 1 aromatic heterocycles. The van der Waals surface area contributed by atoms with E-state index in [9.17, 15) is 28.3 Å². The number of hydrogen-bond acceptors (Lipinski definition) is 8. The molecule has 42 heavy (non-hydrogen) atoms. The van der Waals surface area contributed by atoms with Crippen LogP contribution in [-0.2, 0) is 11.2 Å². The van der Waals surface area contributed by atoms with Gasteiger partial charge in [-0.2, -0.15) is 0 Å². The highest BCUT2D eigenvalue weighted by Crippen LogP contribution is 2.50. The molecule has 3 aliphatic rings. The third-order valence-corrected chi connectivity index (χ3v) is 9.63. The first-order valence-electron chi connectivity index (χ1n) is 13.8. The number of nitrogens with zero attached hydrogens (tertiary/aromatic N) is 3. The maximum Gasteiger partial charge on any atom is 0.278 e. The van der Waals surface area contributed by atoms with Crippen LogP contribution in [0.2, 0.25) is 0 Å². The molecule has 0 bridgehead atoms. The van der Waals surface area contributed by atoms with Crippen LogP contribution in [0, 0.1) is 33.8 Å². The molecule has 5 rings (SSSR count). The Kier molecular flexibility index (Phi) is 7.45. The van der Waals surface area contributed by atoms with Crippen LogP contribution in [0.25, 0.3) is 0 Å². The Morgan fingerprint density at radius 1 is 1.17 bits per heavy atom. The summed E-state index contributed by atoms with van der Waals surface area (Å²) >= 11 is 0.600. The number of halogens is 2. The van der Waals surface area contributed by atoms with Gasteiger partial charge in [0.15, 0.2) is 11.4 Å². The number of carbonyl (C=O) groups is 2. The van der Waals surface area contributed by atoms with Crippen molar-refractivity contribution in [1.82, 2.24) is 14.9 Å². The summed E-state index contributed by atoms with van der Waals surface area (Å²) < 4.78 is 28.7. The number of hydrogen-bond donors (Lipinski definition) is 4. The summed E-state index contributed by atoms with van der Waals surface area (Å²) in [6.07, 6.45) is 4.46. The van der Waals surface area contributed by atoms with Crippen molar-refractivity contribution in [1.29, 1.82) is 10.8 Å². The lowest BCUT2D eigenvalue weighted by Gasteiger charge is -2.59. The first kappa shape index (κ1) is 29.7. The molecule has 1 aromatic carbocycles. The minimum Gasteiger partial charge on any atom is -0.502 e. The number of rotatable bonds is 5. The molecule has 13 heteroatoms. The van der Waals surface area contributed by atoms with Gasteiger partial charge in [0.25, 0.3) is 5.91 Å². The van der Waals surface area contributed by atoms with Crippen molar-refractivity contribution in [3.05, 3.63) is 63.1 Å². The van der Waals surface area contributed by atoms with Gasteiger partial charge in [0.1, 0.15) is 22.3 Å². The predicted octanol–water partition coefficient (Wildman–Crippen LogP) is 3.57. The topological polar surface area (TPSA) is 143 Å². The maximum atomic E-state index is 14.1. The molecule has 2 saturated carbocycles. The Balaban J connectivity index is 1.43. The fourth-order valence-corrected chi connectivity index (χ4v) is 7.02. The fourth-order valence-electron chi connectivity index (χ4n) is 6.29. The summed E-state index contributed by atoms with van der Waals surface area (Å²) in [6.45, 7) is 4.01. The maximum absolute atomic E-state index is 14.1. The average molecular weight is 601 g/mol. The Labute approximate surface area is 246 Å². The molecule has 2 heterocycles. The van der Waals surface area contributed by atoms with E-state index in [0.717, 1.165) is 18.9 Å². The van der Waals surface area contributed by atoms with E-state index >= 15 is 0 Å². The molecule has 0 saturated heterocycles. The number of aromatic nitrogens is 1. The van der Waals surface area contributed by atoms with E-state index in [1.807, 2.05) is 13.8 Å². The van der Waals surface area contributed by atoms with Crippen LogP contribution in [-0.4, -0.2) is 62.4 Å². The number of fused-ring (bicyclic) bond motifs is 1. The molecule has 224 valence electrons. The second-order valence-electron chi connectivity index (χ2n) is 12.1. The molecule has 1 spiro atoms. The number of pyridine rings is 1. The molecule has 4 N–H and O–H groups in total. The third kappa shape index (κ3) is 5.07. The first-order valence-corrected chi connectivity index (χ1v) is 14.6. The van der Waals surface area contributed by atoms with Gasteiger partial charge in [-0.05, 0) is 49.1 Å². The van der Waals surface area contributed by atoms with Gasteiger partial charge in [0, 0.05) is 44.7 Å². The van der Waals surface area contributed by atoms with Crippen molar-refractivity contribution in [3.63, 3.8) is 0 Å². The summed E-state index contributed by atoms with van der Waals surface area (Å²) in [5.74, 6) is -3.19. The van der Waals surface area contributed by atoms with E-state index in [2.05, 4.69) is 5.32 Å². The zero-order valence-corrected chi connectivity index (χ0v) is 24.7. The summed E-state index contributed by atoms with van der Waals surface area (Å²) in [5, 5.41) is 32.0. The minimum atomic E-state index is -0.939. The number of aromatic hydroxyl groups is 1. The summed E-state index contributed by atoms with van der Waals surface area (Å²) in [7, 11) is 3.35. The van der Waals surface area contributed by atoms with Gasteiger partial charge in [0.05, 0.1) is 10.6 Å². The summed E-state index contributed by atoms with van der Waals surface area (Å²) in [6, 6.07) is 3.23. The Morgan fingerprint density at radius 3 is 2.48 bits per heavy atom. The number of benzene rings is 1. The van der Waals surface area contributed by atoms with E-state index in [4.69, 9.17) is 10.8 Å². The first-order chi connectivity index (χ1) is 19.7. The van der Waals surface area contributed by atoms with Crippen LogP contribution in [0.1, 0.15) is 67.6 Å². The van der Waals surface area contributed by atoms with Crippen molar-refractivity contribution < 1.29 is 23.5 Å². The Hall–Kier alpha value is -3.74. The van der Waals surface area contributed by atoms with E-state index < -0.39 is 39.8 Å². The van der Waals surface area contributed by atoms with Crippen molar-refractivity contribution in [2.75, 3.05) is 19.1 Å². The fraction of sp³-hybridized carbons (Fsp3) is 0.483. The monoisotopic (exact) mass is 600 g/mol. The number of nitrogens with one attached hydrogen (secondary N) is 3. The Bertz CT molecular complexity index is 1570. The van der Waals surface area contributed by atoms with Crippen molar-refractivity contribution in [3.8, 4) is 5.75 Å². The Morgan fingerprint density at radius 2 is 1.86 bits per heavy atom. The lowest BCUT2D eigenvalue weighted by atomic mass is 9.63. The number of carbonyl (C=O) groups excluding carboxylic acids is 2. The molecule has 2 aliphatic carbocycles. The van der Waals surface area contributed by atoms with Crippen molar-refractivity contribution >= 4 is 33.7 Å². The van der Waals surface area contributed by atoms with Crippen LogP contribution in [0.5, 0.6) is 5.75 Å². The highest BCUT2D eigenvalue weighted by atomic mass is 32.2. The lowest BCUT2D eigenvalue weighted by Crippen LogP contribution is -2.71. The molecule has 10 nitrogen and oxygen atoms in total. The molecular formula is C29H34F2N6O4S. The van der Waals surface area contributed by atoms with Gasteiger partial charge < -0.3 is 15.3 Å². The van der Waals surface area contributed by atoms with Crippen LogP contribution < -0.4 is 15.8 Å². The minimum absolute atomic E-state index is 0.0159. The van der Waals surface area contributed by atoms with Crippen LogP contribution >= 0.6 is 11.8 Å². The highest BCUT2D eigenvalue weighted by Gasteiger charge is 2.56. The number of amides is 2. The van der Waals surface area contributed by atoms with Crippen LogP contribution in [0.15, 0.2) is 29.2 Å². The van der Waals surface area contributed by atoms with Gasteiger partial charge in [0.2, 0.25) is 11.3 Å². The molecule has 0 radical (unpaired) electrons. The molecule has 2 atom stereocenters. The van der Waals surface area contributed by atoms with E-state index in [1.165, 1.54) is 21.8 Å².